The second-order valence-electron chi connectivity index (χ2n) is 7.22. The maximum Gasteiger partial charge on any atom is 0.221 e. The first kappa shape index (κ1) is 18.6. The van der Waals surface area contributed by atoms with Gasteiger partial charge in [0.15, 0.2) is 5.78 Å². The van der Waals surface area contributed by atoms with Crippen molar-refractivity contribution in [3.63, 3.8) is 0 Å². The molecule has 142 valence electrons. The molecule has 4 nitrogen and oxygen atoms in total. The van der Waals surface area contributed by atoms with Crippen molar-refractivity contribution in [2.24, 2.45) is 0 Å². The van der Waals surface area contributed by atoms with Gasteiger partial charge in [0, 0.05) is 41.2 Å². The predicted octanol–water partition coefficient (Wildman–Crippen LogP) is 5.46. The van der Waals surface area contributed by atoms with Gasteiger partial charge in [0.1, 0.15) is 6.10 Å². The molecule has 4 rings (SSSR count). The van der Waals surface area contributed by atoms with Crippen LogP contribution < -0.4 is 4.74 Å². The standard InChI is InChI=1S/C23H21ClN2O2/c1-15-9-18(14-25-12-15)22(27)11-16-10-21(17-5-7-19(24)8-6-17)23(26-13-16)28-20-3-2-4-20/h5-10,12-14,20H,2-4,11H2,1H3. The average Bonchev–Trinajstić information content (AvgIpc) is 2.66. The van der Waals surface area contributed by atoms with Crippen LogP contribution in [0.15, 0.2) is 55.0 Å². The van der Waals surface area contributed by atoms with Gasteiger partial charge >= 0.3 is 0 Å². The summed E-state index contributed by atoms with van der Waals surface area (Å²) in [5, 5.41) is 0.677. The van der Waals surface area contributed by atoms with E-state index >= 15 is 0 Å². The Labute approximate surface area is 169 Å². The van der Waals surface area contributed by atoms with Gasteiger partial charge in [-0.1, -0.05) is 23.7 Å². The minimum absolute atomic E-state index is 0.0210. The molecule has 1 aromatic carbocycles. The maximum absolute atomic E-state index is 12.7. The number of pyridine rings is 2. The van der Waals surface area contributed by atoms with E-state index in [9.17, 15) is 4.79 Å². The van der Waals surface area contributed by atoms with Gasteiger partial charge < -0.3 is 4.74 Å². The van der Waals surface area contributed by atoms with Crippen molar-refractivity contribution in [1.82, 2.24) is 9.97 Å². The van der Waals surface area contributed by atoms with Gasteiger partial charge in [0.2, 0.25) is 5.88 Å². The lowest BCUT2D eigenvalue weighted by Crippen LogP contribution is -2.25. The van der Waals surface area contributed by atoms with Gasteiger partial charge in [0.25, 0.3) is 0 Å². The van der Waals surface area contributed by atoms with Crippen LogP contribution in [0.4, 0.5) is 0 Å². The molecule has 28 heavy (non-hydrogen) atoms. The topological polar surface area (TPSA) is 52.1 Å². The number of nitrogens with zero attached hydrogens (tertiary/aromatic N) is 2. The minimum Gasteiger partial charge on any atom is -0.474 e. The SMILES string of the molecule is Cc1cncc(C(=O)Cc2cnc(OC3CCC3)c(-c3ccc(Cl)cc3)c2)c1. The van der Waals surface area contributed by atoms with Gasteiger partial charge in [-0.15, -0.1) is 0 Å². The maximum atomic E-state index is 12.7. The highest BCUT2D eigenvalue weighted by molar-refractivity contribution is 6.30. The van der Waals surface area contributed by atoms with E-state index in [0.29, 0.717) is 16.5 Å². The van der Waals surface area contributed by atoms with Gasteiger partial charge in [-0.25, -0.2) is 4.98 Å². The van der Waals surface area contributed by atoms with E-state index in [0.717, 1.165) is 35.1 Å². The van der Waals surface area contributed by atoms with Crippen LogP contribution in [0.5, 0.6) is 5.88 Å². The number of aromatic nitrogens is 2. The Morgan fingerprint density at radius 3 is 2.61 bits per heavy atom. The van der Waals surface area contributed by atoms with Crippen molar-refractivity contribution in [3.8, 4) is 17.0 Å². The molecule has 1 fully saturated rings. The van der Waals surface area contributed by atoms with Crippen LogP contribution in [0.2, 0.25) is 5.02 Å². The molecule has 0 bridgehead atoms. The van der Waals surface area contributed by atoms with Crippen LogP contribution in [-0.4, -0.2) is 21.9 Å². The van der Waals surface area contributed by atoms with Crippen molar-refractivity contribution >= 4 is 17.4 Å². The van der Waals surface area contributed by atoms with Gasteiger partial charge in [0.05, 0.1) is 0 Å². The van der Waals surface area contributed by atoms with Gasteiger partial charge in [-0.2, -0.15) is 0 Å². The highest BCUT2D eigenvalue weighted by Gasteiger charge is 2.22. The highest BCUT2D eigenvalue weighted by Crippen LogP contribution is 2.33. The zero-order chi connectivity index (χ0) is 19.5. The predicted molar refractivity (Wildman–Crippen MR) is 110 cm³/mol. The molecule has 1 saturated carbocycles. The molecule has 1 aliphatic carbocycles. The van der Waals surface area contributed by atoms with Crippen LogP contribution in [0.3, 0.4) is 0 Å². The first-order chi connectivity index (χ1) is 13.6. The second kappa shape index (κ2) is 8.11. The number of Topliss-reactive ketones (excluding diaryl/α,β-unsaturated/α-hetero) is 1. The molecular formula is C23H21ClN2O2. The summed E-state index contributed by atoms with van der Waals surface area (Å²) in [5.41, 5.74) is 4.28. The Bertz CT molecular complexity index is 998. The third-order valence-electron chi connectivity index (χ3n) is 4.96. The molecule has 5 heteroatoms. The number of carbonyl (C=O) groups excluding carboxylic acids is 1. The van der Waals surface area contributed by atoms with Gasteiger partial charge in [-0.3, -0.25) is 9.78 Å². The Morgan fingerprint density at radius 1 is 1.14 bits per heavy atom. The second-order valence-corrected chi connectivity index (χ2v) is 7.66. The van der Waals surface area contributed by atoms with Crippen LogP contribution in [0.25, 0.3) is 11.1 Å². The molecule has 0 radical (unpaired) electrons. The summed E-state index contributed by atoms with van der Waals surface area (Å²) in [4.78, 5) is 21.3. The smallest absolute Gasteiger partial charge is 0.221 e. The molecule has 2 heterocycles. The fourth-order valence-electron chi connectivity index (χ4n) is 3.16. The molecule has 2 aromatic heterocycles. The average molecular weight is 393 g/mol. The third kappa shape index (κ3) is 4.23. The monoisotopic (exact) mass is 392 g/mol. The highest BCUT2D eigenvalue weighted by atomic mass is 35.5. The Kier molecular flexibility index (Phi) is 5.40. The van der Waals surface area contributed by atoms with Gasteiger partial charge in [-0.05, 0) is 67.1 Å². The van der Waals surface area contributed by atoms with Crippen molar-refractivity contribution < 1.29 is 9.53 Å². The number of halogens is 1. The fraction of sp³-hybridized carbons (Fsp3) is 0.261. The van der Waals surface area contributed by atoms with E-state index in [2.05, 4.69) is 9.97 Å². The number of aryl methyl sites for hydroxylation is 1. The summed E-state index contributed by atoms with van der Waals surface area (Å²) in [7, 11) is 0. The summed E-state index contributed by atoms with van der Waals surface area (Å²) in [5.74, 6) is 0.633. The number of hydrogen-bond donors (Lipinski definition) is 0. The van der Waals surface area contributed by atoms with E-state index < -0.39 is 0 Å². The zero-order valence-corrected chi connectivity index (χ0v) is 16.4. The van der Waals surface area contributed by atoms with E-state index in [1.54, 1.807) is 18.6 Å². The Hall–Kier alpha value is -2.72. The van der Waals surface area contributed by atoms with Crippen LogP contribution >= 0.6 is 11.6 Å². The summed E-state index contributed by atoms with van der Waals surface area (Å²) < 4.78 is 6.09. The molecule has 0 spiro atoms. The Balaban J connectivity index is 1.63. The number of carbonyl (C=O) groups is 1. The van der Waals surface area contributed by atoms with E-state index in [4.69, 9.17) is 16.3 Å². The quantitative estimate of drug-likeness (QED) is 0.522. The normalized spacial score (nSPS) is 13.8. The molecule has 0 amide bonds. The molecule has 0 atom stereocenters. The Morgan fingerprint density at radius 2 is 1.93 bits per heavy atom. The summed E-state index contributed by atoms with van der Waals surface area (Å²) in [6.07, 6.45) is 8.88. The summed E-state index contributed by atoms with van der Waals surface area (Å²) in [6, 6.07) is 11.4. The van der Waals surface area contributed by atoms with Crippen molar-refractivity contribution in [3.05, 3.63) is 76.7 Å². The molecular weight excluding hydrogens is 372 g/mol. The number of hydrogen-bond acceptors (Lipinski definition) is 4. The number of ether oxygens (including phenoxy) is 1. The van der Waals surface area contributed by atoms with Crippen molar-refractivity contribution in [1.29, 1.82) is 0 Å². The van der Waals surface area contributed by atoms with E-state index in [1.165, 1.54) is 6.42 Å². The fourth-order valence-corrected chi connectivity index (χ4v) is 3.29. The minimum atomic E-state index is 0.0210. The molecule has 0 saturated heterocycles. The number of benzene rings is 1. The third-order valence-corrected chi connectivity index (χ3v) is 5.21. The first-order valence-corrected chi connectivity index (χ1v) is 9.82. The number of rotatable bonds is 6. The first-order valence-electron chi connectivity index (χ1n) is 9.45. The molecule has 1 aliphatic rings. The van der Waals surface area contributed by atoms with Crippen LogP contribution in [0.1, 0.15) is 40.7 Å². The van der Waals surface area contributed by atoms with Crippen molar-refractivity contribution in [2.45, 2.75) is 38.7 Å². The zero-order valence-electron chi connectivity index (χ0n) is 15.7. The molecule has 0 N–H and O–H groups in total. The van der Waals surface area contributed by atoms with E-state index in [1.807, 2.05) is 43.3 Å². The molecule has 0 aliphatic heterocycles. The lowest BCUT2D eigenvalue weighted by Gasteiger charge is -2.27. The summed E-state index contributed by atoms with van der Waals surface area (Å²) in [6.45, 7) is 1.93. The van der Waals surface area contributed by atoms with Crippen molar-refractivity contribution in [2.75, 3.05) is 0 Å². The number of ketones is 1. The lowest BCUT2D eigenvalue weighted by atomic mass is 9.96. The molecule has 0 unspecified atom stereocenters. The van der Waals surface area contributed by atoms with Crippen LogP contribution in [0, 0.1) is 6.92 Å². The van der Waals surface area contributed by atoms with E-state index in [-0.39, 0.29) is 18.3 Å². The lowest BCUT2D eigenvalue weighted by molar-refractivity contribution is 0.0991. The largest absolute Gasteiger partial charge is 0.474 e. The van der Waals surface area contributed by atoms with Crippen LogP contribution in [-0.2, 0) is 6.42 Å². The molecule has 3 aromatic rings. The summed E-state index contributed by atoms with van der Waals surface area (Å²) >= 11 is 6.04.